The van der Waals surface area contributed by atoms with E-state index >= 15 is 0 Å². The van der Waals surface area contributed by atoms with Crippen LogP contribution in [0.3, 0.4) is 0 Å². The number of furan rings is 1. The van der Waals surface area contributed by atoms with Crippen molar-refractivity contribution in [3.05, 3.63) is 176 Å². The maximum atomic E-state index is 6.64. The maximum absolute atomic E-state index is 6.64. The fraction of sp³-hybridized carbons (Fsp3) is 0. The highest BCUT2D eigenvalue weighted by atomic mass is 16.3. The summed E-state index contributed by atoms with van der Waals surface area (Å²) in [7, 11) is 0. The summed E-state index contributed by atoms with van der Waals surface area (Å²) >= 11 is 0. The SMILES string of the molecule is c1ccc(-c2cccc(-c3nc(-c4cccc(-c5ccccc5)c4)nc(-n4c5ccc6oc7ccc8c9ccccc9n9c%10cccc4c%10c5c6c7c89)n3)c2)cc1. The van der Waals surface area contributed by atoms with Gasteiger partial charge in [-0.25, -0.2) is 4.98 Å². The fourth-order valence-electron chi connectivity index (χ4n) is 9.24. The minimum atomic E-state index is 0.554. The van der Waals surface area contributed by atoms with Crippen LogP contribution >= 0.6 is 0 Å². The third kappa shape index (κ3) is 4.26. The lowest BCUT2D eigenvalue weighted by Crippen LogP contribution is -2.06. The van der Waals surface area contributed by atoms with E-state index in [9.17, 15) is 0 Å². The zero-order valence-electron chi connectivity index (χ0n) is 30.4. The predicted octanol–water partition coefficient (Wildman–Crippen LogP) is 13.0. The molecule has 0 N–H and O–H groups in total. The molecule has 6 nitrogen and oxygen atoms in total. The van der Waals surface area contributed by atoms with Crippen molar-refractivity contribution in [1.29, 1.82) is 0 Å². The van der Waals surface area contributed by atoms with E-state index in [4.69, 9.17) is 19.4 Å². The van der Waals surface area contributed by atoms with Crippen molar-refractivity contribution in [2.45, 2.75) is 0 Å². The highest BCUT2D eigenvalue weighted by molar-refractivity contribution is 6.37. The lowest BCUT2D eigenvalue weighted by atomic mass is 10.0. The number of nitrogens with zero attached hydrogens (tertiary/aromatic N) is 5. The molecule has 57 heavy (non-hydrogen) atoms. The Balaban J connectivity index is 1.14. The van der Waals surface area contributed by atoms with Crippen molar-refractivity contribution in [1.82, 2.24) is 23.9 Å². The lowest BCUT2D eigenvalue weighted by molar-refractivity contribution is 0.669. The predicted molar refractivity (Wildman–Crippen MR) is 232 cm³/mol. The van der Waals surface area contributed by atoms with Gasteiger partial charge in [0.05, 0.1) is 33.0 Å². The molecule has 5 aromatic heterocycles. The van der Waals surface area contributed by atoms with Crippen LogP contribution in [0.2, 0.25) is 0 Å². The summed E-state index contributed by atoms with van der Waals surface area (Å²) in [6.45, 7) is 0. The van der Waals surface area contributed by atoms with Gasteiger partial charge in [-0.15, -0.1) is 0 Å². The minimum Gasteiger partial charge on any atom is -0.456 e. The number of rotatable bonds is 5. The fourth-order valence-corrected chi connectivity index (χ4v) is 9.24. The van der Waals surface area contributed by atoms with Crippen LogP contribution in [-0.4, -0.2) is 23.9 Å². The Kier molecular flexibility index (Phi) is 6.07. The second-order valence-corrected chi connectivity index (χ2v) is 14.8. The molecule has 0 amide bonds. The molecule has 0 saturated carbocycles. The van der Waals surface area contributed by atoms with Gasteiger partial charge in [-0.3, -0.25) is 4.57 Å². The molecule has 0 unspecified atom stereocenters. The third-order valence-electron chi connectivity index (χ3n) is 11.7. The Morgan fingerprint density at radius 3 is 1.61 bits per heavy atom. The third-order valence-corrected chi connectivity index (χ3v) is 11.7. The van der Waals surface area contributed by atoms with Crippen molar-refractivity contribution < 1.29 is 4.42 Å². The van der Waals surface area contributed by atoms with Gasteiger partial charge in [-0.05, 0) is 76.9 Å². The molecule has 264 valence electrons. The van der Waals surface area contributed by atoms with E-state index in [1.165, 1.54) is 16.3 Å². The van der Waals surface area contributed by atoms with E-state index in [0.717, 1.165) is 88.2 Å². The first-order valence-electron chi connectivity index (χ1n) is 19.2. The summed E-state index contributed by atoms with van der Waals surface area (Å²) in [4.78, 5) is 15.9. The Morgan fingerprint density at radius 2 is 0.895 bits per heavy atom. The highest BCUT2D eigenvalue weighted by Gasteiger charge is 2.27. The van der Waals surface area contributed by atoms with Gasteiger partial charge in [-0.1, -0.05) is 121 Å². The van der Waals surface area contributed by atoms with Gasteiger partial charge in [0, 0.05) is 38.1 Å². The van der Waals surface area contributed by atoms with Gasteiger partial charge in [0.15, 0.2) is 11.6 Å². The number of para-hydroxylation sites is 1. The molecular formula is C51H29N5O. The molecule has 0 aliphatic carbocycles. The molecule has 13 rings (SSSR count). The normalized spacial score (nSPS) is 12.2. The Labute approximate surface area is 325 Å². The Bertz CT molecular complexity index is 3590. The monoisotopic (exact) mass is 727 g/mol. The molecule has 0 aliphatic rings. The van der Waals surface area contributed by atoms with E-state index in [-0.39, 0.29) is 0 Å². The lowest BCUT2D eigenvalue weighted by Gasteiger charge is -2.12. The average molecular weight is 728 g/mol. The molecule has 0 aliphatic heterocycles. The smallest absolute Gasteiger partial charge is 0.238 e. The first kappa shape index (κ1) is 30.5. The number of aromatic nitrogens is 5. The van der Waals surface area contributed by atoms with Gasteiger partial charge in [0.2, 0.25) is 5.95 Å². The van der Waals surface area contributed by atoms with Crippen LogP contribution in [0.1, 0.15) is 0 Å². The molecule has 0 atom stereocenters. The van der Waals surface area contributed by atoms with Crippen LogP contribution in [0.15, 0.2) is 180 Å². The zero-order chi connectivity index (χ0) is 37.2. The quantitative estimate of drug-likeness (QED) is 0.177. The molecular weight excluding hydrogens is 699 g/mol. The van der Waals surface area contributed by atoms with Crippen molar-refractivity contribution in [2.75, 3.05) is 0 Å². The van der Waals surface area contributed by atoms with E-state index in [2.05, 4.69) is 173 Å². The highest BCUT2D eigenvalue weighted by Crippen LogP contribution is 2.48. The summed E-state index contributed by atoms with van der Waals surface area (Å²) in [5, 5.41) is 6.96. The van der Waals surface area contributed by atoms with E-state index in [0.29, 0.717) is 17.6 Å². The van der Waals surface area contributed by atoms with E-state index in [1.807, 2.05) is 12.1 Å². The minimum absolute atomic E-state index is 0.554. The topological polar surface area (TPSA) is 61.2 Å². The van der Waals surface area contributed by atoms with Crippen LogP contribution < -0.4 is 0 Å². The van der Waals surface area contributed by atoms with Crippen LogP contribution in [0.4, 0.5) is 0 Å². The van der Waals surface area contributed by atoms with Crippen molar-refractivity contribution in [2.24, 2.45) is 0 Å². The summed E-state index contributed by atoms with van der Waals surface area (Å²) < 4.78 is 11.3. The molecule has 5 heterocycles. The first-order chi connectivity index (χ1) is 28.3. The molecule has 6 heteroatoms. The number of fused-ring (bicyclic) bond motifs is 4. The van der Waals surface area contributed by atoms with Gasteiger partial charge < -0.3 is 8.82 Å². The van der Waals surface area contributed by atoms with Crippen LogP contribution in [0, 0.1) is 0 Å². The van der Waals surface area contributed by atoms with E-state index in [1.54, 1.807) is 0 Å². The van der Waals surface area contributed by atoms with Crippen LogP contribution in [-0.2, 0) is 0 Å². The standard InChI is InChI=1S/C51H29N5O/c1-3-12-30(13-4-1)32-16-9-18-34(28-32)49-52-50(35-19-10-17-33(29-35)31-14-5-2-6-15-31)54-51(53-49)56-40-23-11-22-39-44(40)45-41(56)25-27-42-46(45)47-43(57-42)26-24-37-36-20-7-8-21-38(36)55(39)48(37)47/h1-29H. The summed E-state index contributed by atoms with van der Waals surface area (Å²) in [6.07, 6.45) is 0. The maximum Gasteiger partial charge on any atom is 0.238 e. The number of hydrogen-bond donors (Lipinski definition) is 0. The average Bonchev–Trinajstić information content (AvgIpc) is 3.91. The van der Waals surface area contributed by atoms with Gasteiger partial charge >= 0.3 is 0 Å². The summed E-state index contributed by atoms with van der Waals surface area (Å²) in [5.74, 6) is 1.76. The van der Waals surface area contributed by atoms with Crippen molar-refractivity contribution in [3.8, 4) is 51.0 Å². The van der Waals surface area contributed by atoms with Crippen LogP contribution in [0.5, 0.6) is 0 Å². The molecule has 8 aromatic carbocycles. The molecule has 0 bridgehead atoms. The zero-order valence-corrected chi connectivity index (χ0v) is 30.4. The van der Waals surface area contributed by atoms with Gasteiger partial charge in [0.1, 0.15) is 11.2 Å². The largest absolute Gasteiger partial charge is 0.456 e. The molecule has 0 spiro atoms. The summed E-state index contributed by atoms with van der Waals surface area (Å²) in [5.41, 5.74) is 13.5. The molecule has 13 aromatic rings. The van der Waals surface area contributed by atoms with Crippen molar-refractivity contribution in [3.63, 3.8) is 0 Å². The molecule has 0 fully saturated rings. The van der Waals surface area contributed by atoms with Crippen molar-refractivity contribution >= 4 is 71.1 Å². The second-order valence-electron chi connectivity index (χ2n) is 14.8. The van der Waals surface area contributed by atoms with Gasteiger partial charge in [0.25, 0.3) is 0 Å². The van der Waals surface area contributed by atoms with E-state index < -0.39 is 0 Å². The summed E-state index contributed by atoms with van der Waals surface area (Å²) in [6, 6.07) is 61.7. The molecule has 0 radical (unpaired) electrons. The number of benzene rings is 8. The van der Waals surface area contributed by atoms with Gasteiger partial charge in [-0.2, -0.15) is 9.97 Å². The number of hydrogen-bond acceptors (Lipinski definition) is 4. The molecule has 0 saturated heterocycles. The Hall–Kier alpha value is -7.83. The second kappa shape index (κ2) is 11.4. The first-order valence-corrected chi connectivity index (χ1v) is 19.2. The Morgan fingerprint density at radius 1 is 0.351 bits per heavy atom. The van der Waals surface area contributed by atoms with Crippen LogP contribution in [0.25, 0.3) is 122 Å².